The van der Waals surface area contributed by atoms with E-state index in [1.54, 1.807) is 0 Å². The van der Waals surface area contributed by atoms with Crippen LogP contribution < -0.4 is 0 Å². The standard InChI is InChI=1S/C6H14NP/c1-5(2)7(8)6(3)4/h5-6H,1-4H3/q-2. The number of hydrogen-bond donors (Lipinski definition) is 0. The van der Waals surface area contributed by atoms with Crippen molar-refractivity contribution in [2.45, 2.75) is 39.8 Å². The molecule has 8 heavy (non-hydrogen) atoms. The van der Waals surface area contributed by atoms with Crippen LogP contribution in [-0.4, -0.2) is 16.8 Å². The first-order valence-corrected chi connectivity index (χ1v) is 3.43. The monoisotopic (exact) mass is 131 g/mol. The molecular formula is C6H14NP-2. The summed E-state index contributed by atoms with van der Waals surface area (Å²) in [5, 5.41) is 0. The van der Waals surface area contributed by atoms with Crippen LogP contribution in [0, 0.1) is 0 Å². The third-order valence-electron chi connectivity index (χ3n) is 1.06. The highest BCUT2D eigenvalue weighted by atomic mass is 31.0. The van der Waals surface area contributed by atoms with E-state index in [1.807, 2.05) is 4.67 Å². The lowest BCUT2D eigenvalue weighted by Crippen LogP contribution is -2.26. The van der Waals surface area contributed by atoms with Gasteiger partial charge in [-0.2, -0.15) is 0 Å². The van der Waals surface area contributed by atoms with E-state index in [0.717, 1.165) is 0 Å². The van der Waals surface area contributed by atoms with Crippen LogP contribution in [0.3, 0.4) is 0 Å². The molecule has 0 aromatic carbocycles. The van der Waals surface area contributed by atoms with E-state index >= 15 is 0 Å². The van der Waals surface area contributed by atoms with Gasteiger partial charge in [0.15, 0.2) is 0 Å². The maximum Gasteiger partial charge on any atom is -0.0490 e. The minimum atomic E-state index is 0.540. The van der Waals surface area contributed by atoms with Crippen molar-refractivity contribution in [2.24, 2.45) is 0 Å². The van der Waals surface area contributed by atoms with Crippen molar-refractivity contribution in [3.63, 3.8) is 0 Å². The molecule has 1 nitrogen and oxygen atoms in total. The van der Waals surface area contributed by atoms with Crippen LogP contribution in [0.5, 0.6) is 0 Å². The van der Waals surface area contributed by atoms with Crippen molar-refractivity contribution in [3.8, 4) is 0 Å². The second-order valence-electron chi connectivity index (χ2n) is 2.57. The van der Waals surface area contributed by atoms with Crippen LogP contribution >= 0.6 is 9.39 Å². The topological polar surface area (TPSA) is 3.24 Å². The normalized spacial score (nSPS) is 12.0. The third-order valence-corrected chi connectivity index (χ3v) is 1.98. The van der Waals surface area contributed by atoms with E-state index < -0.39 is 0 Å². The van der Waals surface area contributed by atoms with Gasteiger partial charge in [-0.3, -0.25) is 0 Å². The van der Waals surface area contributed by atoms with Crippen LogP contribution in [0.4, 0.5) is 0 Å². The molecule has 0 atom stereocenters. The van der Waals surface area contributed by atoms with Gasteiger partial charge >= 0.3 is 0 Å². The molecule has 0 bridgehead atoms. The van der Waals surface area contributed by atoms with Crippen molar-refractivity contribution in [2.75, 3.05) is 0 Å². The highest BCUT2D eigenvalue weighted by Gasteiger charge is 1.88. The van der Waals surface area contributed by atoms with Crippen molar-refractivity contribution in [1.82, 2.24) is 4.67 Å². The summed E-state index contributed by atoms with van der Waals surface area (Å²) in [6, 6.07) is 1.08. The second kappa shape index (κ2) is 3.42. The van der Waals surface area contributed by atoms with E-state index in [0.29, 0.717) is 12.1 Å². The summed E-state index contributed by atoms with van der Waals surface area (Å²) in [6.07, 6.45) is 0. The molecular weight excluding hydrogens is 117 g/mol. The van der Waals surface area contributed by atoms with Crippen molar-refractivity contribution in [1.29, 1.82) is 0 Å². The lowest BCUT2D eigenvalue weighted by atomic mass is 10.3. The Morgan fingerprint density at radius 2 is 1.25 bits per heavy atom. The summed E-state index contributed by atoms with van der Waals surface area (Å²) >= 11 is 0. The van der Waals surface area contributed by atoms with E-state index in [-0.39, 0.29) is 0 Å². The van der Waals surface area contributed by atoms with Gasteiger partial charge in [-0.25, -0.2) is 0 Å². The molecule has 0 saturated heterocycles. The zero-order chi connectivity index (χ0) is 6.73. The zero-order valence-corrected chi connectivity index (χ0v) is 6.94. The first kappa shape index (κ1) is 8.39. The summed E-state index contributed by atoms with van der Waals surface area (Å²) in [5.74, 6) is 0. The second-order valence-corrected chi connectivity index (χ2v) is 3.03. The average Bonchev–Trinajstić information content (AvgIpc) is 1.64. The van der Waals surface area contributed by atoms with Crippen LogP contribution in [-0.2, 0) is 0 Å². The van der Waals surface area contributed by atoms with Gasteiger partial charge in [-0.15, -0.1) is 0 Å². The first-order chi connectivity index (χ1) is 3.55. The number of rotatable bonds is 2. The maximum absolute atomic E-state index is 4.25. The lowest BCUT2D eigenvalue weighted by molar-refractivity contribution is 0.334. The van der Waals surface area contributed by atoms with Gasteiger partial charge in [0.2, 0.25) is 0 Å². The minimum absolute atomic E-state index is 0.540. The van der Waals surface area contributed by atoms with Crippen molar-refractivity contribution < 1.29 is 0 Å². The summed E-state index contributed by atoms with van der Waals surface area (Å²) in [6.45, 7) is 8.53. The third kappa shape index (κ3) is 2.64. The molecule has 0 aliphatic rings. The molecule has 0 saturated carbocycles. The summed E-state index contributed by atoms with van der Waals surface area (Å²) in [4.78, 5) is 0. The fourth-order valence-corrected chi connectivity index (χ4v) is 0.596. The fourth-order valence-electron chi connectivity index (χ4n) is 0.596. The summed E-state index contributed by atoms with van der Waals surface area (Å²) in [5.41, 5.74) is 0. The van der Waals surface area contributed by atoms with Crippen molar-refractivity contribution >= 4 is 9.39 Å². The number of nitrogens with zero attached hydrogens (tertiary/aromatic N) is 1. The van der Waals surface area contributed by atoms with E-state index in [9.17, 15) is 0 Å². The highest BCUT2D eigenvalue weighted by Crippen LogP contribution is 2.09. The Morgan fingerprint density at radius 1 is 1.00 bits per heavy atom. The zero-order valence-electron chi connectivity index (χ0n) is 6.05. The smallest absolute Gasteiger partial charge is 0.0490 e. The molecule has 0 aromatic heterocycles. The Kier molecular flexibility index (Phi) is 3.59. The van der Waals surface area contributed by atoms with E-state index in [1.165, 1.54) is 0 Å². The number of hydrogen-bond acceptors (Lipinski definition) is 1. The van der Waals surface area contributed by atoms with Gasteiger partial charge in [-0.1, -0.05) is 27.7 Å². The van der Waals surface area contributed by atoms with Gasteiger partial charge in [-0.05, 0) is 12.1 Å². The van der Waals surface area contributed by atoms with E-state index in [4.69, 9.17) is 0 Å². The van der Waals surface area contributed by atoms with Crippen LogP contribution in [0.15, 0.2) is 0 Å². The molecule has 0 aliphatic carbocycles. The minimum Gasteiger partial charge on any atom is -1.39 e. The van der Waals surface area contributed by atoms with Crippen LogP contribution in [0.1, 0.15) is 27.7 Å². The molecule has 0 N–H and O–H groups in total. The molecule has 0 aromatic rings. The molecule has 0 unspecified atom stereocenters. The Balaban J connectivity index is 3.46. The highest BCUT2D eigenvalue weighted by molar-refractivity contribution is 7.13. The Labute approximate surface area is 54.7 Å². The Morgan fingerprint density at radius 3 is 1.25 bits per heavy atom. The molecule has 0 fully saturated rings. The molecule has 0 rings (SSSR count). The molecule has 0 heterocycles. The van der Waals surface area contributed by atoms with Crippen LogP contribution in [0.2, 0.25) is 0 Å². The van der Waals surface area contributed by atoms with Gasteiger partial charge in [0.05, 0.1) is 0 Å². The van der Waals surface area contributed by atoms with Gasteiger partial charge in [0.25, 0.3) is 0 Å². The molecule has 0 spiro atoms. The Hall–Kier alpha value is 0.390. The molecule has 50 valence electrons. The summed E-state index contributed by atoms with van der Waals surface area (Å²) < 4.78 is 2.03. The molecule has 2 heteroatoms. The molecule has 0 radical (unpaired) electrons. The van der Waals surface area contributed by atoms with Gasteiger partial charge in [0.1, 0.15) is 0 Å². The lowest BCUT2D eigenvalue weighted by Gasteiger charge is -2.61. The molecule has 0 aliphatic heterocycles. The predicted molar refractivity (Wildman–Crippen MR) is 39.0 cm³/mol. The van der Waals surface area contributed by atoms with Crippen molar-refractivity contribution in [3.05, 3.63) is 0 Å². The average molecular weight is 131 g/mol. The van der Waals surface area contributed by atoms with Gasteiger partial charge in [0, 0.05) is 0 Å². The first-order valence-electron chi connectivity index (χ1n) is 3.03. The quantitative estimate of drug-likeness (QED) is 0.520. The maximum atomic E-state index is 4.25. The summed E-state index contributed by atoms with van der Waals surface area (Å²) in [7, 11) is 4.25. The fraction of sp³-hybridized carbons (Fsp3) is 1.00. The SMILES string of the molecule is CC(C)N([P-2])C(C)C. The molecule has 0 amide bonds. The predicted octanol–water partition coefficient (Wildman–Crippen LogP) is 2.43. The van der Waals surface area contributed by atoms with E-state index in [2.05, 4.69) is 37.1 Å². The van der Waals surface area contributed by atoms with Gasteiger partial charge < -0.3 is 14.1 Å². The Bertz CT molecular complexity index is 53.5. The van der Waals surface area contributed by atoms with Crippen LogP contribution in [0.25, 0.3) is 0 Å². The largest absolute Gasteiger partial charge is 1.39 e.